The third-order valence-electron chi connectivity index (χ3n) is 15.1. The number of nitrogens with one attached hydrogen (secondary N) is 12. The number of imidazole rings is 4. The van der Waals surface area contributed by atoms with Crippen LogP contribution in [0.15, 0.2) is 67.8 Å². The van der Waals surface area contributed by atoms with Gasteiger partial charge in [0.05, 0.1) is 29.5 Å². The van der Waals surface area contributed by atoms with Crippen LogP contribution in [0.25, 0.3) is 0 Å². The highest BCUT2D eigenvalue weighted by Gasteiger charge is 2.43. The monoisotopic (exact) mass is 1250 g/mol. The van der Waals surface area contributed by atoms with Crippen molar-refractivity contribution < 1.29 is 52.7 Å². The van der Waals surface area contributed by atoms with E-state index in [9.17, 15) is 52.7 Å². The topological polar surface area (TPSA) is 422 Å². The maximum Gasteiger partial charge on any atom is 0.291 e. The van der Waals surface area contributed by atoms with Crippen LogP contribution in [0, 0.1) is 5.41 Å². The second-order valence-electron chi connectivity index (χ2n) is 22.3. The molecule has 1 spiro atoms. The Balaban J connectivity index is 0.619. The number of carbonyl (C=O) groups excluding carboxylic acids is 11. The number of aromatic amines is 2. The molecule has 0 saturated carbocycles. The van der Waals surface area contributed by atoms with E-state index in [0.717, 1.165) is 25.9 Å². The Hall–Kier alpha value is -11.2. The van der Waals surface area contributed by atoms with Crippen molar-refractivity contribution in [3.8, 4) is 0 Å². The number of anilines is 6. The molecule has 34 nitrogen and oxygen atoms in total. The molecule has 0 aliphatic carbocycles. The van der Waals surface area contributed by atoms with Gasteiger partial charge in [0.15, 0.2) is 23.3 Å². The van der Waals surface area contributed by atoms with Crippen molar-refractivity contribution in [3.05, 3.63) is 108 Å². The largest absolute Gasteiger partial charge is 0.351 e. The van der Waals surface area contributed by atoms with Gasteiger partial charge in [0.25, 0.3) is 41.4 Å². The maximum absolute atomic E-state index is 13.3. The number of nitrogens with zero attached hydrogens (tertiary/aromatic N) is 11. The molecule has 91 heavy (non-hydrogen) atoms. The molecule has 2 aliphatic rings. The van der Waals surface area contributed by atoms with Crippen LogP contribution in [0.2, 0.25) is 0 Å². The van der Waals surface area contributed by atoms with Crippen LogP contribution in [0.1, 0.15) is 119 Å². The van der Waals surface area contributed by atoms with E-state index >= 15 is 0 Å². The molecule has 9 heterocycles. The molecule has 11 amide bonds. The lowest BCUT2D eigenvalue weighted by atomic mass is 9.72. The number of aryl methyl sites for hydroxylation is 5. The van der Waals surface area contributed by atoms with Gasteiger partial charge in [-0.05, 0) is 49.9 Å². The first-order valence-corrected chi connectivity index (χ1v) is 29.0. The van der Waals surface area contributed by atoms with Crippen LogP contribution in [0.4, 0.5) is 34.5 Å². The lowest BCUT2D eigenvalue weighted by molar-refractivity contribution is -0.135. The number of likely N-dealkylation sites (tertiary alicyclic amines) is 2. The van der Waals surface area contributed by atoms with Gasteiger partial charge < -0.3 is 95.8 Å². The highest BCUT2D eigenvalue weighted by atomic mass is 16.2. The van der Waals surface area contributed by atoms with Gasteiger partial charge >= 0.3 is 0 Å². The van der Waals surface area contributed by atoms with Crippen LogP contribution in [-0.4, -0.2) is 187 Å². The third-order valence-corrected chi connectivity index (χ3v) is 15.1. The molecule has 0 atom stereocenters. The minimum absolute atomic E-state index is 0.0116. The quantitative estimate of drug-likeness (QED) is 0.0332. The van der Waals surface area contributed by atoms with Crippen LogP contribution < -0.4 is 53.2 Å². The average Bonchev–Trinajstić information content (AvgIpc) is 2.24. The number of hydrogen-bond donors (Lipinski definition) is 12. The summed E-state index contributed by atoms with van der Waals surface area (Å²) < 4.78 is 7.49. The molecular weight excluding hydrogens is 1180 g/mol. The van der Waals surface area contributed by atoms with Gasteiger partial charge in [-0.1, -0.05) is 0 Å². The second kappa shape index (κ2) is 28.3. The Morgan fingerprint density at radius 2 is 0.956 bits per heavy atom. The molecule has 7 aromatic rings. The summed E-state index contributed by atoms with van der Waals surface area (Å²) in [5.41, 5.74) is 1.91. The van der Waals surface area contributed by atoms with Gasteiger partial charge in [-0.2, -0.15) is 0 Å². The summed E-state index contributed by atoms with van der Waals surface area (Å²) in [5.74, 6) is -4.83. The predicted octanol–water partition coefficient (Wildman–Crippen LogP) is 0.712. The highest BCUT2D eigenvalue weighted by Crippen LogP contribution is 2.39. The maximum atomic E-state index is 13.3. The first kappa shape index (κ1) is 64.3. The molecule has 480 valence electrons. The second-order valence-corrected chi connectivity index (χ2v) is 22.3. The number of carbonyl (C=O) groups is 11. The summed E-state index contributed by atoms with van der Waals surface area (Å²) >= 11 is 0. The summed E-state index contributed by atoms with van der Waals surface area (Å²) in [5, 5.41) is 26.6. The van der Waals surface area contributed by atoms with Crippen molar-refractivity contribution in [3.63, 3.8) is 0 Å². The normalized spacial score (nSPS) is 13.4. The Morgan fingerprint density at radius 3 is 1.51 bits per heavy atom. The van der Waals surface area contributed by atoms with E-state index in [0.29, 0.717) is 29.9 Å². The number of hydrogen-bond acceptors (Lipinski definition) is 16. The third kappa shape index (κ3) is 16.5. The van der Waals surface area contributed by atoms with Crippen molar-refractivity contribution in [2.45, 2.75) is 44.9 Å². The van der Waals surface area contributed by atoms with Crippen molar-refractivity contribution >= 4 is 99.5 Å². The summed E-state index contributed by atoms with van der Waals surface area (Å²) in [6.07, 6.45) is 13.8. The van der Waals surface area contributed by atoms with Gasteiger partial charge in [-0.3, -0.25) is 52.7 Å². The van der Waals surface area contributed by atoms with Crippen LogP contribution in [0.3, 0.4) is 0 Å². The summed E-state index contributed by atoms with van der Waals surface area (Å²) in [7, 11) is 10.2. The lowest BCUT2D eigenvalue weighted by Gasteiger charge is -2.52. The van der Waals surface area contributed by atoms with Gasteiger partial charge in [-0.25, -0.2) is 19.9 Å². The number of rotatable bonds is 26. The molecule has 7 aromatic heterocycles. The van der Waals surface area contributed by atoms with E-state index in [1.807, 2.05) is 4.90 Å². The smallest absolute Gasteiger partial charge is 0.291 e. The predicted molar refractivity (Wildman–Crippen MR) is 328 cm³/mol. The van der Waals surface area contributed by atoms with E-state index < -0.39 is 59.1 Å². The lowest BCUT2D eigenvalue weighted by Crippen LogP contribution is -2.59. The molecular formula is C57H71N23O11. The Bertz CT molecular complexity index is 3910. The zero-order valence-electron chi connectivity index (χ0n) is 50.9. The zero-order valence-corrected chi connectivity index (χ0v) is 50.9. The first-order valence-electron chi connectivity index (χ1n) is 29.0. The molecule has 2 saturated heterocycles. The van der Waals surface area contributed by atoms with Crippen LogP contribution in [0.5, 0.6) is 0 Å². The highest BCUT2D eigenvalue weighted by molar-refractivity contribution is 6.06. The molecule has 2 aliphatic heterocycles. The summed E-state index contributed by atoms with van der Waals surface area (Å²) in [6.45, 7) is 3.70. The number of piperidine rings is 1. The fourth-order valence-electron chi connectivity index (χ4n) is 10.6. The summed E-state index contributed by atoms with van der Waals surface area (Å²) in [6, 6.07) is 4.40. The van der Waals surface area contributed by atoms with Crippen molar-refractivity contribution in [2.75, 3.05) is 91.3 Å². The molecule has 0 unspecified atom stereocenters. The van der Waals surface area contributed by atoms with Gasteiger partial charge in [0.1, 0.15) is 28.7 Å². The summed E-state index contributed by atoms with van der Waals surface area (Å²) in [4.78, 5) is 167. The average molecular weight is 1250 g/mol. The fraction of sp³-hybridized carbons (Fsp3) is 0.386. The first-order chi connectivity index (χ1) is 43.5. The van der Waals surface area contributed by atoms with E-state index in [1.54, 1.807) is 52.2 Å². The molecule has 34 heteroatoms. The van der Waals surface area contributed by atoms with Gasteiger partial charge in [0, 0.05) is 150 Å². The van der Waals surface area contributed by atoms with E-state index in [-0.39, 0.29) is 128 Å². The van der Waals surface area contributed by atoms with Crippen molar-refractivity contribution in [2.24, 2.45) is 40.7 Å². The van der Waals surface area contributed by atoms with Crippen LogP contribution >= 0.6 is 0 Å². The fourth-order valence-corrected chi connectivity index (χ4v) is 10.6. The standard InChI is InChI=1S/C57H71N23O11/c1-74-31-57(32-74)12-19-80(20-13-57)45(84)11-17-62-54(89)47-64-26-40(71-47)73-52(87)38-22-33(27-78(38)5)65-43(82)9-16-61-53(88)46-63-25-39(70-46)68-42(81)8-7-14-59-50(85)36-24-35(29-76(36)3)67-56(91)49-72-41(30-79(49)6)69-44(83)10-15-60-51(86)37-23-34(28-77(37)4)66-55(90)48-58-18-21-75(48)2/h18,21-30H,7-17,19-20,31-32H2,1-6H3,(H,59,85)(H,60,86)(H,61,88)(H,62,89)(H,63,70)(H,64,71)(H,65,82)(H,66,90)(H,67,91)(H,68,81)(H,69,83)(H,73,87). The number of aromatic nitrogens is 11. The van der Waals surface area contributed by atoms with Crippen LogP contribution in [-0.2, 0) is 54.4 Å². The van der Waals surface area contributed by atoms with E-state index in [2.05, 4.69) is 95.0 Å². The zero-order chi connectivity index (χ0) is 65.1. The Labute approximate surface area is 519 Å². The molecule has 0 bridgehead atoms. The SMILES string of the molecule is CN1CC2(CCN(C(=O)CCNC(=O)c3ncc(NC(=O)c4cc(NC(=O)CCNC(=O)c5ncc(NC(=O)CCCNC(=O)c6cc(NC(=O)c7nc(NC(=O)CCNC(=O)c8cc(NC(=O)c9nccn9C)cn8C)cn7C)cn6C)[nH]5)cn4C)[nH]3)CC2)C1. The minimum Gasteiger partial charge on any atom is -0.351 e. The molecule has 2 fully saturated rings. The van der Waals surface area contributed by atoms with Gasteiger partial charge in [0.2, 0.25) is 29.5 Å². The van der Waals surface area contributed by atoms with Crippen molar-refractivity contribution in [1.29, 1.82) is 0 Å². The number of H-pyrrole nitrogens is 2. The molecule has 12 N–H and O–H groups in total. The Kier molecular flexibility index (Phi) is 20.0. The molecule has 0 aromatic carbocycles. The minimum atomic E-state index is -0.645. The number of amides is 11. The van der Waals surface area contributed by atoms with Gasteiger partial charge in [-0.15, -0.1) is 0 Å². The van der Waals surface area contributed by atoms with Crippen molar-refractivity contribution in [1.82, 2.24) is 83.8 Å². The van der Waals surface area contributed by atoms with E-state index in [1.165, 1.54) is 73.6 Å². The molecule has 9 rings (SSSR count). The molecule has 0 radical (unpaired) electrons. The van der Waals surface area contributed by atoms with E-state index in [4.69, 9.17) is 0 Å². The Morgan fingerprint density at radius 1 is 0.473 bits per heavy atom.